The number of hydrogen-bond donors (Lipinski definition) is 2. The summed E-state index contributed by atoms with van der Waals surface area (Å²) in [5.74, 6) is 2.04. The van der Waals surface area contributed by atoms with E-state index in [1.165, 1.54) is 17.8 Å². The minimum Gasteiger partial charge on any atom is -0.495 e. The zero-order valence-corrected chi connectivity index (χ0v) is 16.0. The quantitative estimate of drug-likeness (QED) is 0.541. The van der Waals surface area contributed by atoms with Gasteiger partial charge in [0.05, 0.1) is 23.7 Å². The summed E-state index contributed by atoms with van der Waals surface area (Å²) in [5, 5.41) is 2.85. The van der Waals surface area contributed by atoms with Gasteiger partial charge in [0, 0.05) is 11.8 Å². The number of aromatic nitrogens is 2. The lowest BCUT2D eigenvalue weighted by molar-refractivity contribution is -0.115. The average Bonchev–Trinajstić information content (AvgIpc) is 2.59. The number of ether oxygens (including phenoxy) is 1. The molecule has 0 spiro atoms. The molecule has 0 saturated heterocycles. The highest BCUT2D eigenvalue weighted by atomic mass is 32.2. The monoisotopic (exact) mass is 379 g/mol. The highest BCUT2D eigenvalue weighted by molar-refractivity contribution is 8.00. The first kappa shape index (κ1) is 19.4. The number of aromatic amines is 1. The van der Waals surface area contributed by atoms with Gasteiger partial charge in [0.25, 0.3) is 5.56 Å². The van der Waals surface area contributed by atoms with Crippen LogP contribution in [0.4, 0.5) is 5.69 Å². The molecule has 0 radical (unpaired) electrons. The first-order valence-corrected chi connectivity index (χ1v) is 9.85. The molecule has 0 aliphatic carbocycles. The van der Waals surface area contributed by atoms with E-state index in [0.29, 0.717) is 22.3 Å². The Kier molecular flexibility index (Phi) is 7.39. The molecule has 1 unspecified atom stereocenters. The number of H-pyrrole nitrogens is 1. The molecule has 0 fully saturated rings. The second-order valence-corrected chi connectivity index (χ2v) is 7.73. The molecule has 1 aromatic carbocycles. The Balaban J connectivity index is 2.05. The van der Waals surface area contributed by atoms with Crippen LogP contribution in [0.5, 0.6) is 5.75 Å². The van der Waals surface area contributed by atoms with Gasteiger partial charge in [-0.05, 0) is 24.8 Å². The molecule has 25 heavy (non-hydrogen) atoms. The fourth-order valence-corrected chi connectivity index (χ4v) is 3.41. The fourth-order valence-electron chi connectivity index (χ4n) is 2.02. The van der Waals surface area contributed by atoms with Crippen molar-refractivity contribution < 1.29 is 9.53 Å². The van der Waals surface area contributed by atoms with Crippen molar-refractivity contribution in [2.24, 2.45) is 0 Å². The Labute approximate surface area is 155 Å². The molecule has 0 saturated carbocycles. The third kappa shape index (κ3) is 5.82. The predicted molar refractivity (Wildman–Crippen MR) is 104 cm³/mol. The van der Waals surface area contributed by atoms with Gasteiger partial charge in [-0.25, -0.2) is 4.98 Å². The van der Waals surface area contributed by atoms with E-state index in [4.69, 9.17) is 4.74 Å². The molecule has 2 aromatic rings. The van der Waals surface area contributed by atoms with Gasteiger partial charge in [-0.3, -0.25) is 9.59 Å². The van der Waals surface area contributed by atoms with Gasteiger partial charge in [0.2, 0.25) is 5.91 Å². The topological polar surface area (TPSA) is 84.1 Å². The zero-order chi connectivity index (χ0) is 18.2. The lowest BCUT2D eigenvalue weighted by Gasteiger charge is -2.14. The van der Waals surface area contributed by atoms with Gasteiger partial charge < -0.3 is 15.0 Å². The van der Waals surface area contributed by atoms with Crippen LogP contribution in [0, 0.1) is 0 Å². The standard InChI is InChI=1S/C17H21N3O3S2/c1-4-24-10-12-9-15(21)20-17(18-12)25-11(2)16(22)19-13-7-5-6-8-14(13)23-3/h5-9,11H,4,10H2,1-3H3,(H,19,22)(H,18,20,21). The van der Waals surface area contributed by atoms with Crippen LogP contribution in [0.15, 0.2) is 40.3 Å². The predicted octanol–water partition coefficient (Wildman–Crippen LogP) is 3.15. The largest absolute Gasteiger partial charge is 0.495 e. The van der Waals surface area contributed by atoms with Crippen molar-refractivity contribution in [3.8, 4) is 5.75 Å². The van der Waals surface area contributed by atoms with Crippen LogP contribution >= 0.6 is 23.5 Å². The molecule has 0 bridgehead atoms. The van der Waals surface area contributed by atoms with Crippen molar-refractivity contribution >= 4 is 35.1 Å². The summed E-state index contributed by atoms with van der Waals surface area (Å²) in [6.07, 6.45) is 0. The number of nitrogens with one attached hydrogen (secondary N) is 2. The van der Waals surface area contributed by atoms with Crippen molar-refractivity contribution in [1.29, 1.82) is 0 Å². The molecule has 2 rings (SSSR count). The normalized spacial score (nSPS) is 11.8. The van der Waals surface area contributed by atoms with Gasteiger partial charge in [0.15, 0.2) is 5.16 Å². The average molecular weight is 380 g/mol. The molecular weight excluding hydrogens is 358 g/mol. The van der Waals surface area contributed by atoms with E-state index in [1.807, 2.05) is 12.1 Å². The highest BCUT2D eigenvalue weighted by Crippen LogP contribution is 2.25. The van der Waals surface area contributed by atoms with Gasteiger partial charge >= 0.3 is 0 Å². The molecule has 134 valence electrons. The van der Waals surface area contributed by atoms with Crippen LogP contribution in [0.25, 0.3) is 0 Å². The third-order valence-corrected chi connectivity index (χ3v) is 5.14. The molecule has 1 atom stereocenters. The van der Waals surface area contributed by atoms with Gasteiger partial charge in [-0.15, -0.1) is 0 Å². The van der Waals surface area contributed by atoms with Crippen LogP contribution in [0.1, 0.15) is 19.5 Å². The van der Waals surface area contributed by atoms with Crippen molar-refractivity contribution in [3.63, 3.8) is 0 Å². The molecule has 1 aromatic heterocycles. The molecule has 8 heteroatoms. The number of nitrogens with zero attached hydrogens (tertiary/aromatic N) is 1. The summed E-state index contributed by atoms with van der Waals surface area (Å²) < 4.78 is 5.23. The number of anilines is 1. The number of para-hydroxylation sites is 2. The first-order valence-electron chi connectivity index (χ1n) is 7.82. The van der Waals surface area contributed by atoms with E-state index in [2.05, 4.69) is 22.2 Å². The van der Waals surface area contributed by atoms with Gasteiger partial charge in [-0.1, -0.05) is 30.8 Å². The maximum absolute atomic E-state index is 12.4. The number of carbonyl (C=O) groups is 1. The Morgan fingerprint density at radius 2 is 2.16 bits per heavy atom. The van der Waals surface area contributed by atoms with Crippen LogP contribution in [-0.2, 0) is 10.5 Å². The Morgan fingerprint density at radius 3 is 2.88 bits per heavy atom. The molecule has 1 heterocycles. The highest BCUT2D eigenvalue weighted by Gasteiger charge is 2.17. The third-order valence-electron chi connectivity index (χ3n) is 3.25. The summed E-state index contributed by atoms with van der Waals surface area (Å²) in [6, 6.07) is 8.70. The molecule has 0 aliphatic rings. The zero-order valence-electron chi connectivity index (χ0n) is 14.4. The molecule has 0 aliphatic heterocycles. The fraction of sp³-hybridized carbons (Fsp3) is 0.353. The molecule has 2 N–H and O–H groups in total. The van der Waals surface area contributed by atoms with E-state index in [0.717, 1.165) is 11.4 Å². The number of benzene rings is 1. The van der Waals surface area contributed by atoms with E-state index >= 15 is 0 Å². The van der Waals surface area contributed by atoms with Crippen LogP contribution in [-0.4, -0.2) is 34.0 Å². The van der Waals surface area contributed by atoms with Crippen molar-refractivity contribution in [2.75, 3.05) is 18.2 Å². The molecule has 6 nitrogen and oxygen atoms in total. The minimum absolute atomic E-state index is 0.189. The minimum atomic E-state index is -0.429. The summed E-state index contributed by atoms with van der Waals surface area (Å²) in [4.78, 5) is 31.3. The first-order chi connectivity index (χ1) is 12.0. The number of amides is 1. The van der Waals surface area contributed by atoms with Gasteiger partial charge in [-0.2, -0.15) is 11.8 Å². The van der Waals surface area contributed by atoms with E-state index in [1.54, 1.807) is 37.9 Å². The van der Waals surface area contributed by atoms with Crippen LogP contribution < -0.4 is 15.6 Å². The number of methoxy groups -OCH3 is 1. The molecular formula is C17H21N3O3S2. The second kappa shape index (κ2) is 9.53. The Bertz CT molecular complexity index is 780. The lowest BCUT2D eigenvalue weighted by atomic mass is 10.3. The summed E-state index contributed by atoms with van der Waals surface area (Å²) in [5.41, 5.74) is 1.12. The number of rotatable bonds is 8. The van der Waals surface area contributed by atoms with Crippen molar-refractivity contribution in [3.05, 3.63) is 46.4 Å². The van der Waals surface area contributed by atoms with Crippen molar-refractivity contribution in [1.82, 2.24) is 9.97 Å². The van der Waals surface area contributed by atoms with E-state index in [-0.39, 0.29) is 11.5 Å². The summed E-state index contributed by atoms with van der Waals surface area (Å²) >= 11 is 2.91. The maximum Gasteiger partial charge on any atom is 0.251 e. The van der Waals surface area contributed by atoms with Crippen LogP contribution in [0.3, 0.4) is 0 Å². The van der Waals surface area contributed by atoms with Crippen LogP contribution in [0.2, 0.25) is 0 Å². The number of thioether (sulfide) groups is 2. The maximum atomic E-state index is 12.4. The van der Waals surface area contributed by atoms with E-state index in [9.17, 15) is 9.59 Å². The number of carbonyl (C=O) groups excluding carboxylic acids is 1. The van der Waals surface area contributed by atoms with E-state index < -0.39 is 5.25 Å². The number of hydrogen-bond acceptors (Lipinski definition) is 6. The summed E-state index contributed by atoms with van der Waals surface area (Å²) in [7, 11) is 1.55. The van der Waals surface area contributed by atoms with Gasteiger partial charge in [0.1, 0.15) is 5.75 Å². The second-order valence-electron chi connectivity index (χ2n) is 5.13. The SMILES string of the molecule is CCSCc1cc(=O)[nH]c(SC(C)C(=O)Nc2ccccc2OC)n1. The lowest BCUT2D eigenvalue weighted by Crippen LogP contribution is -2.23. The van der Waals surface area contributed by atoms with Crippen molar-refractivity contribution in [2.45, 2.75) is 30.0 Å². The smallest absolute Gasteiger partial charge is 0.251 e. The molecule has 1 amide bonds. The Morgan fingerprint density at radius 1 is 1.40 bits per heavy atom. The summed E-state index contributed by atoms with van der Waals surface area (Å²) in [6.45, 7) is 3.82. The Hall–Kier alpha value is -1.93.